The number of rotatable bonds is 5. The molecule has 21 heavy (non-hydrogen) atoms. The molecule has 1 aliphatic heterocycles. The Labute approximate surface area is 124 Å². The number of nitrogens with two attached hydrogens (primary N) is 1. The van der Waals surface area contributed by atoms with Crippen molar-refractivity contribution < 1.29 is 14.3 Å². The Balaban J connectivity index is 1.56. The molecule has 1 aromatic rings. The summed E-state index contributed by atoms with van der Waals surface area (Å²) in [5, 5.41) is 2.96. The first-order valence-corrected chi connectivity index (χ1v) is 7.58. The highest BCUT2D eigenvalue weighted by Gasteiger charge is 2.44. The highest BCUT2D eigenvalue weighted by molar-refractivity contribution is 5.82. The lowest BCUT2D eigenvalue weighted by Crippen LogP contribution is -2.30. The molecule has 1 aliphatic carbocycles. The van der Waals surface area contributed by atoms with E-state index in [1.165, 1.54) is 0 Å². The monoisotopic (exact) mass is 290 g/mol. The van der Waals surface area contributed by atoms with Gasteiger partial charge in [0.1, 0.15) is 13.2 Å². The van der Waals surface area contributed by atoms with Crippen LogP contribution in [0.1, 0.15) is 31.2 Å². The summed E-state index contributed by atoms with van der Waals surface area (Å²) in [5.41, 5.74) is 6.84. The molecular formula is C16H22N2O3. The molecule has 5 heteroatoms. The van der Waals surface area contributed by atoms with Gasteiger partial charge in [-0.1, -0.05) is 6.07 Å². The molecule has 0 aromatic heterocycles. The molecular weight excluding hydrogens is 268 g/mol. The molecule has 2 aliphatic rings. The Hall–Kier alpha value is -1.75. The number of hydrogen-bond donors (Lipinski definition) is 2. The summed E-state index contributed by atoms with van der Waals surface area (Å²) in [6, 6.07) is 6.10. The van der Waals surface area contributed by atoms with Gasteiger partial charge in [0.05, 0.1) is 0 Å². The molecule has 1 fully saturated rings. The van der Waals surface area contributed by atoms with E-state index in [-0.39, 0.29) is 17.9 Å². The van der Waals surface area contributed by atoms with E-state index in [0.29, 0.717) is 25.7 Å². The summed E-state index contributed by atoms with van der Waals surface area (Å²) >= 11 is 0. The van der Waals surface area contributed by atoms with E-state index < -0.39 is 0 Å². The molecule has 1 saturated carbocycles. The average Bonchev–Trinajstić information content (AvgIpc) is 3.27. The third kappa shape index (κ3) is 3.29. The number of carbonyl (C=O) groups is 1. The summed E-state index contributed by atoms with van der Waals surface area (Å²) < 4.78 is 11.1. The topological polar surface area (TPSA) is 73.6 Å². The highest BCUT2D eigenvalue weighted by atomic mass is 16.6. The Morgan fingerprint density at radius 1 is 1.38 bits per heavy atom. The lowest BCUT2D eigenvalue weighted by atomic mass is 10.1. The first-order valence-electron chi connectivity index (χ1n) is 7.58. The van der Waals surface area contributed by atoms with Gasteiger partial charge in [-0.15, -0.1) is 0 Å². The number of fused-ring (bicyclic) bond motifs is 1. The van der Waals surface area contributed by atoms with Crippen molar-refractivity contribution in [3.8, 4) is 11.5 Å². The maximum atomic E-state index is 12.1. The maximum absolute atomic E-state index is 12.1. The van der Waals surface area contributed by atoms with Gasteiger partial charge in [-0.3, -0.25) is 4.79 Å². The molecule has 3 unspecified atom stereocenters. The fraction of sp³-hybridized carbons (Fsp3) is 0.562. The van der Waals surface area contributed by atoms with Crippen LogP contribution in [0.5, 0.6) is 11.5 Å². The van der Waals surface area contributed by atoms with E-state index in [4.69, 9.17) is 15.2 Å². The number of benzene rings is 1. The van der Waals surface area contributed by atoms with Crippen molar-refractivity contribution in [3.63, 3.8) is 0 Å². The third-order valence-corrected chi connectivity index (χ3v) is 4.02. The van der Waals surface area contributed by atoms with Crippen molar-refractivity contribution in [2.75, 3.05) is 19.8 Å². The van der Waals surface area contributed by atoms with E-state index in [1.807, 2.05) is 25.1 Å². The van der Waals surface area contributed by atoms with Crippen LogP contribution in [0, 0.1) is 5.92 Å². The van der Waals surface area contributed by atoms with Gasteiger partial charge in [-0.2, -0.15) is 0 Å². The van der Waals surface area contributed by atoms with Crippen LogP contribution in [0.2, 0.25) is 0 Å². The first-order chi connectivity index (χ1) is 10.1. The van der Waals surface area contributed by atoms with E-state index in [2.05, 4.69) is 5.32 Å². The van der Waals surface area contributed by atoms with Gasteiger partial charge in [0.2, 0.25) is 5.91 Å². The second kappa shape index (κ2) is 5.93. The van der Waals surface area contributed by atoms with Gasteiger partial charge >= 0.3 is 0 Å². The molecule has 0 radical (unpaired) electrons. The second-order valence-electron chi connectivity index (χ2n) is 5.91. The Kier molecular flexibility index (Phi) is 4.01. The number of carbonyl (C=O) groups excluding carboxylic acids is 1. The molecule has 1 aromatic carbocycles. The third-order valence-electron chi connectivity index (χ3n) is 4.02. The van der Waals surface area contributed by atoms with Crippen molar-refractivity contribution in [2.45, 2.75) is 31.7 Å². The van der Waals surface area contributed by atoms with Crippen molar-refractivity contribution >= 4 is 5.91 Å². The fourth-order valence-electron chi connectivity index (χ4n) is 2.70. The first kappa shape index (κ1) is 14.2. The maximum Gasteiger partial charge on any atom is 0.223 e. The Morgan fingerprint density at radius 2 is 2.14 bits per heavy atom. The van der Waals surface area contributed by atoms with E-state index in [9.17, 15) is 4.79 Å². The summed E-state index contributed by atoms with van der Waals surface area (Å²) in [5.74, 6) is 2.11. The van der Waals surface area contributed by atoms with Gasteiger partial charge in [-0.25, -0.2) is 0 Å². The molecule has 5 nitrogen and oxygen atoms in total. The predicted molar refractivity (Wildman–Crippen MR) is 79.6 cm³/mol. The van der Waals surface area contributed by atoms with Gasteiger partial charge in [0.25, 0.3) is 0 Å². The molecule has 3 atom stereocenters. The van der Waals surface area contributed by atoms with Crippen LogP contribution >= 0.6 is 0 Å². The minimum Gasteiger partial charge on any atom is -0.486 e. The molecule has 114 valence electrons. The fourth-order valence-corrected chi connectivity index (χ4v) is 2.70. The van der Waals surface area contributed by atoms with Crippen molar-refractivity contribution in [1.82, 2.24) is 5.32 Å². The lowest BCUT2D eigenvalue weighted by molar-refractivity contribution is -0.122. The zero-order valence-electron chi connectivity index (χ0n) is 12.3. The quantitative estimate of drug-likeness (QED) is 0.860. The number of amides is 1. The van der Waals surface area contributed by atoms with Crippen LogP contribution in [-0.4, -0.2) is 31.7 Å². The SMILES string of the molecule is CC(N)CCNC(=O)C1CC1c1ccc2c(c1)OCCO2. The van der Waals surface area contributed by atoms with Crippen LogP contribution in [0.3, 0.4) is 0 Å². The summed E-state index contributed by atoms with van der Waals surface area (Å²) in [6.45, 7) is 3.78. The lowest BCUT2D eigenvalue weighted by Gasteiger charge is -2.18. The molecule has 0 saturated heterocycles. The molecule has 1 heterocycles. The minimum absolute atomic E-state index is 0.0839. The largest absolute Gasteiger partial charge is 0.486 e. The van der Waals surface area contributed by atoms with Crippen molar-refractivity contribution in [3.05, 3.63) is 23.8 Å². The Bertz CT molecular complexity index is 530. The Morgan fingerprint density at radius 3 is 2.90 bits per heavy atom. The smallest absolute Gasteiger partial charge is 0.223 e. The van der Waals surface area contributed by atoms with Crippen LogP contribution in [0.15, 0.2) is 18.2 Å². The van der Waals surface area contributed by atoms with Crippen LogP contribution in [0.25, 0.3) is 0 Å². The zero-order chi connectivity index (χ0) is 14.8. The number of hydrogen-bond acceptors (Lipinski definition) is 4. The van der Waals surface area contributed by atoms with Gasteiger partial charge in [0, 0.05) is 18.5 Å². The standard InChI is InChI=1S/C16H22N2O3/c1-10(17)4-5-18-16(19)13-9-12(13)11-2-3-14-15(8-11)21-7-6-20-14/h2-3,8,10,12-13H,4-7,9,17H2,1H3,(H,18,19). The second-order valence-corrected chi connectivity index (χ2v) is 5.91. The summed E-state index contributed by atoms with van der Waals surface area (Å²) in [6.07, 6.45) is 1.72. The van der Waals surface area contributed by atoms with E-state index in [0.717, 1.165) is 29.9 Å². The molecule has 0 spiro atoms. The van der Waals surface area contributed by atoms with Crippen LogP contribution in [0.4, 0.5) is 0 Å². The van der Waals surface area contributed by atoms with Crippen molar-refractivity contribution in [1.29, 1.82) is 0 Å². The van der Waals surface area contributed by atoms with E-state index >= 15 is 0 Å². The normalized spacial score (nSPS) is 24.3. The number of ether oxygens (including phenoxy) is 2. The summed E-state index contributed by atoms with van der Waals surface area (Å²) in [4.78, 5) is 12.1. The number of nitrogens with one attached hydrogen (secondary N) is 1. The average molecular weight is 290 g/mol. The van der Waals surface area contributed by atoms with Crippen LogP contribution < -0.4 is 20.5 Å². The molecule has 0 bridgehead atoms. The van der Waals surface area contributed by atoms with Gasteiger partial charge < -0.3 is 20.5 Å². The molecule has 3 rings (SSSR count). The van der Waals surface area contributed by atoms with Crippen LogP contribution in [-0.2, 0) is 4.79 Å². The summed E-state index contributed by atoms with van der Waals surface area (Å²) in [7, 11) is 0. The highest BCUT2D eigenvalue weighted by Crippen LogP contribution is 2.49. The van der Waals surface area contributed by atoms with E-state index in [1.54, 1.807) is 0 Å². The predicted octanol–water partition coefficient (Wildman–Crippen LogP) is 1.41. The van der Waals surface area contributed by atoms with Gasteiger partial charge in [-0.05, 0) is 43.4 Å². The molecule has 3 N–H and O–H groups in total. The van der Waals surface area contributed by atoms with Gasteiger partial charge in [0.15, 0.2) is 11.5 Å². The van der Waals surface area contributed by atoms with Crippen molar-refractivity contribution in [2.24, 2.45) is 11.7 Å². The zero-order valence-corrected chi connectivity index (χ0v) is 12.3. The molecule has 1 amide bonds. The minimum atomic E-state index is 0.0839.